The zero-order chi connectivity index (χ0) is 11.5. The van der Waals surface area contributed by atoms with Gasteiger partial charge in [0, 0.05) is 0 Å². The van der Waals surface area contributed by atoms with Gasteiger partial charge in [-0.3, -0.25) is 0 Å². The SMILES string of the molecule is [C-]#[N+]/C(=C\C(C)(C)C)c1ccc(C)cc1. The molecule has 0 radical (unpaired) electrons. The third-order valence-corrected chi connectivity index (χ3v) is 2.04. The predicted octanol–water partition coefficient (Wildman–Crippen LogP) is 4.30. The molecular formula is C14H17N. The van der Waals surface area contributed by atoms with Crippen LogP contribution in [-0.4, -0.2) is 0 Å². The van der Waals surface area contributed by atoms with Crippen molar-refractivity contribution in [2.24, 2.45) is 5.41 Å². The van der Waals surface area contributed by atoms with Crippen molar-refractivity contribution in [1.82, 2.24) is 0 Å². The minimum atomic E-state index is 0.0464. The highest BCUT2D eigenvalue weighted by Crippen LogP contribution is 2.24. The summed E-state index contributed by atoms with van der Waals surface area (Å²) in [5.41, 5.74) is 3.01. The lowest BCUT2D eigenvalue weighted by molar-refractivity contribution is 0.546. The Labute approximate surface area is 92.3 Å². The van der Waals surface area contributed by atoms with Crippen LogP contribution in [0.2, 0.25) is 0 Å². The Bertz CT molecular complexity index is 396. The fraction of sp³-hybridized carbons (Fsp3) is 0.357. The van der Waals surface area contributed by atoms with Crippen molar-refractivity contribution in [1.29, 1.82) is 0 Å². The fourth-order valence-electron chi connectivity index (χ4n) is 1.31. The second-order valence-corrected chi connectivity index (χ2v) is 4.87. The minimum Gasteiger partial charge on any atom is -0.238 e. The van der Waals surface area contributed by atoms with Gasteiger partial charge in [-0.2, -0.15) is 0 Å². The van der Waals surface area contributed by atoms with E-state index in [-0.39, 0.29) is 5.41 Å². The Hall–Kier alpha value is -1.55. The van der Waals surface area contributed by atoms with Crippen molar-refractivity contribution in [3.63, 3.8) is 0 Å². The van der Waals surface area contributed by atoms with Crippen LogP contribution < -0.4 is 0 Å². The lowest BCUT2D eigenvalue weighted by atomic mass is 9.93. The topological polar surface area (TPSA) is 4.36 Å². The van der Waals surface area contributed by atoms with Crippen LogP contribution in [0.4, 0.5) is 0 Å². The summed E-state index contributed by atoms with van der Waals surface area (Å²) in [4.78, 5) is 3.58. The number of aryl methyl sites for hydroxylation is 1. The highest BCUT2D eigenvalue weighted by Gasteiger charge is 2.09. The highest BCUT2D eigenvalue weighted by atomic mass is 14.7. The Morgan fingerprint density at radius 1 is 1.20 bits per heavy atom. The lowest BCUT2D eigenvalue weighted by Crippen LogP contribution is -2.00. The molecule has 0 saturated heterocycles. The van der Waals surface area contributed by atoms with Gasteiger partial charge in [-0.15, -0.1) is 0 Å². The molecule has 0 N–H and O–H groups in total. The molecule has 0 saturated carbocycles. The molecule has 0 unspecified atom stereocenters. The molecule has 0 aliphatic carbocycles. The molecule has 0 heterocycles. The summed E-state index contributed by atoms with van der Waals surface area (Å²) in [5.74, 6) is 0. The second-order valence-electron chi connectivity index (χ2n) is 4.87. The zero-order valence-electron chi connectivity index (χ0n) is 9.83. The first-order valence-corrected chi connectivity index (χ1v) is 5.10. The van der Waals surface area contributed by atoms with Gasteiger partial charge in [0.05, 0.1) is 6.57 Å². The monoisotopic (exact) mass is 199 g/mol. The number of nitrogens with zero attached hydrogens (tertiary/aromatic N) is 1. The Kier molecular flexibility index (Phi) is 3.31. The molecule has 0 aliphatic rings. The third-order valence-electron chi connectivity index (χ3n) is 2.04. The first kappa shape index (κ1) is 11.5. The van der Waals surface area contributed by atoms with Crippen LogP contribution in [-0.2, 0) is 0 Å². The number of allylic oxidation sites excluding steroid dienone is 1. The smallest absolute Gasteiger partial charge is 0.190 e. The minimum absolute atomic E-state index is 0.0464. The van der Waals surface area contributed by atoms with E-state index in [1.807, 2.05) is 30.3 Å². The average Bonchev–Trinajstić information content (AvgIpc) is 2.14. The van der Waals surface area contributed by atoms with Crippen molar-refractivity contribution in [2.45, 2.75) is 27.7 Å². The van der Waals surface area contributed by atoms with Gasteiger partial charge in [-0.1, -0.05) is 56.7 Å². The summed E-state index contributed by atoms with van der Waals surface area (Å²) < 4.78 is 0. The highest BCUT2D eigenvalue weighted by molar-refractivity contribution is 5.71. The predicted molar refractivity (Wildman–Crippen MR) is 65.2 cm³/mol. The summed E-state index contributed by atoms with van der Waals surface area (Å²) in [6, 6.07) is 8.09. The molecule has 78 valence electrons. The van der Waals surface area contributed by atoms with Gasteiger partial charge < -0.3 is 0 Å². The van der Waals surface area contributed by atoms with Crippen molar-refractivity contribution in [3.8, 4) is 0 Å². The molecule has 15 heavy (non-hydrogen) atoms. The molecule has 1 nitrogen and oxygen atoms in total. The summed E-state index contributed by atoms with van der Waals surface area (Å²) in [7, 11) is 0. The zero-order valence-corrected chi connectivity index (χ0v) is 9.83. The van der Waals surface area contributed by atoms with E-state index in [1.165, 1.54) is 5.56 Å². The third kappa shape index (κ3) is 3.59. The Morgan fingerprint density at radius 3 is 2.13 bits per heavy atom. The van der Waals surface area contributed by atoms with E-state index >= 15 is 0 Å². The van der Waals surface area contributed by atoms with Crippen molar-refractivity contribution >= 4 is 5.70 Å². The maximum absolute atomic E-state index is 7.19. The van der Waals surface area contributed by atoms with Gasteiger partial charge in [0.25, 0.3) is 0 Å². The molecule has 1 aromatic carbocycles. The molecule has 0 aliphatic heterocycles. The van der Waals surface area contributed by atoms with E-state index in [2.05, 4.69) is 32.5 Å². The van der Waals surface area contributed by atoms with Crippen LogP contribution in [0.25, 0.3) is 10.5 Å². The van der Waals surface area contributed by atoms with Crippen LogP contribution in [0.5, 0.6) is 0 Å². The molecular weight excluding hydrogens is 182 g/mol. The molecule has 0 amide bonds. The van der Waals surface area contributed by atoms with Crippen molar-refractivity contribution in [2.75, 3.05) is 0 Å². The van der Waals surface area contributed by atoms with Crippen molar-refractivity contribution in [3.05, 3.63) is 52.9 Å². The first-order valence-electron chi connectivity index (χ1n) is 5.10. The number of benzene rings is 1. The number of hydrogen-bond donors (Lipinski definition) is 0. The van der Waals surface area contributed by atoms with E-state index in [9.17, 15) is 0 Å². The van der Waals surface area contributed by atoms with Crippen LogP contribution in [0.1, 0.15) is 31.9 Å². The van der Waals surface area contributed by atoms with E-state index in [0.717, 1.165) is 11.3 Å². The molecule has 0 bridgehead atoms. The normalized spacial score (nSPS) is 12.3. The Morgan fingerprint density at radius 2 is 1.73 bits per heavy atom. The van der Waals surface area contributed by atoms with Crippen LogP contribution in [0, 0.1) is 18.9 Å². The largest absolute Gasteiger partial charge is 0.238 e. The molecule has 0 aromatic heterocycles. The molecule has 1 rings (SSSR count). The second kappa shape index (κ2) is 4.31. The molecule has 0 fully saturated rings. The van der Waals surface area contributed by atoms with Gasteiger partial charge in [0.15, 0.2) is 5.70 Å². The summed E-state index contributed by atoms with van der Waals surface area (Å²) in [6.45, 7) is 15.5. The average molecular weight is 199 g/mol. The standard InChI is InChI=1S/C14H17N/c1-11-6-8-12(9-7-11)13(15-5)10-14(2,3)4/h6-10H,1-4H3/b13-10-. The van der Waals surface area contributed by atoms with Gasteiger partial charge in [-0.25, -0.2) is 4.85 Å². The van der Waals surface area contributed by atoms with Gasteiger partial charge >= 0.3 is 0 Å². The van der Waals surface area contributed by atoms with E-state index in [0.29, 0.717) is 0 Å². The number of rotatable bonds is 1. The van der Waals surface area contributed by atoms with Crippen molar-refractivity contribution < 1.29 is 0 Å². The van der Waals surface area contributed by atoms with E-state index in [1.54, 1.807) is 0 Å². The quantitative estimate of drug-likeness (QED) is 0.594. The molecule has 0 spiro atoms. The lowest BCUT2D eigenvalue weighted by Gasteiger charge is -2.13. The van der Waals surface area contributed by atoms with Gasteiger partial charge in [0.2, 0.25) is 0 Å². The Balaban J connectivity index is 3.10. The maximum atomic E-state index is 7.19. The summed E-state index contributed by atoms with van der Waals surface area (Å²) in [5, 5.41) is 0. The van der Waals surface area contributed by atoms with E-state index < -0.39 is 0 Å². The van der Waals surface area contributed by atoms with E-state index in [4.69, 9.17) is 6.57 Å². The number of hydrogen-bond acceptors (Lipinski definition) is 0. The van der Waals surface area contributed by atoms with Gasteiger partial charge in [-0.05, 0) is 17.9 Å². The van der Waals surface area contributed by atoms with Crippen LogP contribution in [0.3, 0.4) is 0 Å². The first-order chi connectivity index (χ1) is 6.92. The van der Waals surface area contributed by atoms with Crippen LogP contribution in [0.15, 0.2) is 30.3 Å². The summed E-state index contributed by atoms with van der Waals surface area (Å²) >= 11 is 0. The summed E-state index contributed by atoms with van der Waals surface area (Å²) in [6.07, 6.45) is 2.02. The maximum Gasteiger partial charge on any atom is 0.190 e. The van der Waals surface area contributed by atoms with Crippen LogP contribution >= 0.6 is 0 Å². The fourth-order valence-corrected chi connectivity index (χ4v) is 1.31. The molecule has 1 heteroatoms. The molecule has 0 atom stereocenters. The molecule has 1 aromatic rings. The van der Waals surface area contributed by atoms with Gasteiger partial charge in [0.1, 0.15) is 0 Å².